The molecular formula is C13H13N5S. The van der Waals surface area contributed by atoms with Gasteiger partial charge >= 0.3 is 0 Å². The van der Waals surface area contributed by atoms with E-state index in [9.17, 15) is 0 Å². The van der Waals surface area contributed by atoms with Crippen LogP contribution >= 0.6 is 12.2 Å². The number of benzene rings is 1. The van der Waals surface area contributed by atoms with Gasteiger partial charge in [0.15, 0.2) is 4.77 Å². The maximum atomic E-state index is 8.15. The molecule has 1 N–H and O–H groups in total. The fourth-order valence-corrected chi connectivity index (χ4v) is 1.90. The van der Waals surface area contributed by atoms with Crippen molar-refractivity contribution in [1.82, 2.24) is 9.55 Å². The molecule has 0 aliphatic rings. The first-order valence-electron chi connectivity index (χ1n) is 5.85. The van der Waals surface area contributed by atoms with Crippen LogP contribution in [0.2, 0.25) is 0 Å². The molecule has 0 spiro atoms. The molecule has 0 atom stereocenters. The Morgan fingerprint density at radius 1 is 1.37 bits per heavy atom. The van der Waals surface area contributed by atoms with Gasteiger partial charge in [0.2, 0.25) is 0 Å². The first-order valence-corrected chi connectivity index (χ1v) is 6.26. The molecule has 1 heterocycles. The summed E-state index contributed by atoms with van der Waals surface area (Å²) in [6.45, 7) is 0.490. The van der Waals surface area contributed by atoms with Crippen LogP contribution in [-0.4, -0.2) is 16.1 Å². The van der Waals surface area contributed by atoms with Crippen LogP contribution in [0.1, 0.15) is 12.0 Å². The highest BCUT2D eigenvalue weighted by molar-refractivity contribution is 7.71. The quantitative estimate of drug-likeness (QED) is 0.285. The highest BCUT2D eigenvalue weighted by Gasteiger charge is 1.96. The molecule has 2 rings (SSSR count). The van der Waals surface area contributed by atoms with Crippen LogP contribution in [0, 0.1) is 4.77 Å². The van der Waals surface area contributed by atoms with E-state index in [-0.39, 0.29) is 0 Å². The Morgan fingerprint density at radius 2 is 2.16 bits per heavy atom. The highest BCUT2D eigenvalue weighted by Crippen LogP contribution is 2.11. The third kappa shape index (κ3) is 3.58. The van der Waals surface area contributed by atoms with E-state index < -0.39 is 0 Å². The second kappa shape index (κ2) is 6.58. The van der Waals surface area contributed by atoms with E-state index in [2.05, 4.69) is 15.0 Å². The summed E-state index contributed by atoms with van der Waals surface area (Å²) in [5.74, 6) is 0. The Balaban J connectivity index is 2.05. The molecule has 0 radical (unpaired) electrons. The molecule has 0 saturated heterocycles. The minimum atomic E-state index is 0.490. The molecule has 0 bridgehead atoms. The zero-order valence-corrected chi connectivity index (χ0v) is 11.0. The van der Waals surface area contributed by atoms with E-state index in [1.807, 2.05) is 53.4 Å². The molecule has 5 nitrogen and oxygen atoms in total. The van der Waals surface area contributed by atoms with Gasteiger partial charge in [0.1, 0.15) is 0 Å². The lowest BCUT2D eigenvalue weighted by molar-refractivity contribution is 0.995. The summed E-state index contributed by atoms with van der Waals surface area (Å²) in [6, 6.07) is 8.07. The van der Waals surface area contributed by atoms with Crippen molar-refractivity contribution < 1.29 is 0 Å². The number of aromatic nitrogens is 2. The first-order chi connectivity index (χ1) is 9.31. The van der Waals surface area contributed by atoms with Crippen LogP contribution in [0.4, 0.5) is 0 Å². The molecule has 0 aliphatic heterocycles. The lowest BCUT2D eigenvalue weighted by Crippen LogP contribution is -1.91. The fourth-order valence-electron chi connectivity index (χ4n) is 1.67. The van der Waals surface area contributed by atoms with E-state index in [4.69, 9.17) is 17.7 Å². The summed E-state index contributed by atoms with van der Waals surface area (Å²) in [5.41, 5.74) is 10.3. The third-order valence-electron chi connectivity index (χ3n) is 2.59. The van der Waals surface area contributed by atoms with Crippen molar-refractivity contribution in [2.45, 2.75) is 6.42 Å². The van der Waals surface area contributed by atoms with Crippen LogP contribution in [0.25, 0.3) is 22.2 Å². The normalized spacial score (nSPS) is 10.5. The number of azide groups is 1. The Bertz CT molecular complexity index is 659. The highest BCUT2D eigenvalue weighted by atomic mass is 32.1. The number of nitrogens with one attached hydrogen (secondary N) is 1. The van der Waals surface area contributed by atoms with Gasteiger partial charge in [-0.3, -0.25) is 4.57 Å². The van der Waals surface area contributed by atoms with Gasteiger partial charge in [0.05, 0.1) is 0 Å². The van der Waals surface area contributed by atoms with Crippen molar-refractivity contribution in [2.75, 3.05) is 6.54 Å². The van der Waals surface area contributed by atoms with E-state index >= 15 is 0 Å². The van der Waals surface area contributed by atoms with Crippen molar-refractivity contribution >= 4 is 18.3 Å². The maximum Gasteiger partial charge on any atom is 0.181 e. The average molecular weight is 271 g/mol. The largest absolute Gasteiger partial charge is 0.337 e. The summed E-state index contributed by atoms with van der Waals surface area (Å²) in [6.07, 6.45) is 8.45. The zero-order chi connectivity index (χ0) is 13.5. The van der Waals surface area contributed by atoms with Crippen molar-refractivity contribution in [3.63, 3.8) is 0 Å². The second-order valence-corrected chi connectivity index (χ2v) is 4.26. The van der Waals surface area contributed by atoms with Crippen LogP contribution in [0.3, 0.4) is 0 Å². The standard InChI is InChI=1S/C13H13N5S/c14-17-16-8-2-1-3-11-4-6-12(7-5-11)18-10-9-15-13(18)19/h1,3-7,9-10H,2,8H2,(H,15,19). The smallest absolute Gasteiger partial charge is 0.181 e. The zero-order valence-electron chi connectivity index (χ0n) is 10.2. The summed E-state index contributed by atoms with van der Waals surface area (Å²) in [7, 11) is 0. The summed E-state index contributed by atoms with van der Waals surface area (Å²) in [5, 5.41) is 3.47. The Morgan fingerprint density at radius 3 is 2.79 bits per heavy atom. The van der Waals surface area contributed by atoms with Crippen molar-refractivity contribution in [1.29, 1.82) is 0 Å². The maximum absolute atomic E-state index is 8.15. The second-order valence-electron chi connectivity index (χ2n) is 3.87. The molecule has 0 saturated carbocycles. The van der Waals surface area contributed by atoms with Gasteiger partial charge in [-0.25, -0.2) is 0 Å². The number of H-pyrrole nitrogens is 1. The molecule has 19 heavy (non-hydrogen) atoms. The molecule has 2 aromatic rings. The number of hydrogen-bond donors (Lipinski definition) is 1. The van der Waals surface area contributed by atoms with Crippen LogP contribution < -0.4 is 0 Å². The first kappa shape index (κ1) is 13.1. The monoisotopic (exact) mass is 271 g/mol. The number of hydrogen-bond acceptors (Lipinski definition) is 2. The molecule has 0 amide bonds. The van der Waals surface area contributed by atoms with Gasteiger partial charge < -0.3 is 4.98 Å². The number of rotatable bonds is 5. The molecule has 0 fully saturated rings. The van der Waals surface area contributed by atoms with E-state index in [1.165, 1.54) is 0 Å². The average Bonchev–Trinajstić information content (AvgIpc) is 2.86. The van der Waals surface area contributed by atoms with Crippen molar-refractivity contribution in [2.24, 2.45) is 5.11 Å². The van der Waals surface area contributed by atoms with Crippen molar-refractivity contribution in [3.8, 4) is 5.69 Å². The van der Waals surface area contributed by atoms with Crippen molar-refractivity contribution in [3.05, 3.63) is 63.5 Å². The minimum absolute atomic E-state index is 0.490. The SMILES string of the molecule is [N-]=[N+]=NCCC=Cc1ccc(-n2cc[nH]c2=S)cc1. The Kier molecular flexibility index (Phi) is 4.55. The molecule has 96 valence electrons. The Hall–Kier alpha value is -2.30. The fraction of sp³-hybridized carbons (Fsp3) is 0.154. The van der Waals surface area contributed by atoms with Crippen LogP contribution in [0.15, 0.2) is 47.8 Å². The van der Waals surface area contributed by atoms with Gasteiger partial charge in [-0.15, -0.1) is 0 Å². The van der Waals surface area contributed by atoms with E-state index in [0.717, 1.165) is 17.7 Å². The topological polar surface area (TPSA) is 69.5 Å². The Labute approximate surface area is 115 Å². The van der Waals surface area contributed by atoms with Gasteiger partial charge in [-0.2, -0.15) is 0 Å². The predicted molar refractivity (Wildman–Crippen MR) is 78.6 cm³/mol. The lowest BCUT2D eigenvalue weighted by Gasteiger charge is -2.02. The molecule has 1 aromatic carbocycles. The summed E-state index contributed by atoms with van der Waals surface area (Å²) < 4.78 is 2.59. The van der Waals surface area contributed by atoms with Gasteiger partial charge in [-0.1, -0.05) is 29.4 Å². The predicted octanol–water partition coefficient (Wildman–Crippen LogP) is 4.25. The summed E-state index contributed by atoms with van der Waals surface area (Å²) >= 11 is 5.16. The third-order valence-corrected chi connectivity index (χ3v) is 2.90. The minimum Gasteiger partial charge on any atom is -0.337 e. The van der Waals surface area contributed by atoms with Gasteiger partial charge in [0.25, 0.3) is 0 Å². The lowest BCUT2D eigenvalue weighted by atomic mass is 10.2. The van der Waals surface area contributed by atoms with Gasteiger partial charge in [-0.05, 0) is 41.9 Å². The number of aromatic amines is 1. The summed E-state index contributed by atoms with van der Waals surface area (Å²) in [4.78, 5) is 5.66. The number of imidazole rings is 1. The van der Waals surface area contributed by atoms with Gasteiger partial charge in [0, 0.05) is 29.5 Å². The number of nitrogens with zero attached hydrogens (tertiary/aromatic N) is 4. The molecule has 6 heteroatoms. The van der Waals surface area contributed by atoms with Crippen LogP contribution in [0.5, 0.6) is 0 Å². The van der Waals surface area contributed by atoms with E-state index in [0.29, 0.717) is 11.3 Å². The molecule has 1 aromatic heterocycles. The molecule has 0 unspecified atom stereocenters. The van der Waals surface area contributed by atoms with Crippen LogP contribution in [-0.2, 0) is 0 Å². The molecule has 0 aliphatic carbocycles. The molecular weight excluding hydrogens is 258 g/mol. The van der Waals surface area contributed by atoms with E-state index in [1.54, 1.807) is 0 Å².